The van der Waals surface area contributed by atoms with E-state index < -0.39 is 5.82 Å². The van der Waals surface area contributed by atoms with Crippen LogP contribution >= 0.6 is 0 Å². The fourth-order valence-electron chi connectivity index (χ4n) is 4.43. The largest absolute Gasteiger partial charge is 0.467 e. The van der Waals surface area contributed by atoms with Crippen molar-refractivity contribution in [1.29, 1.82) is 0 Å². The molecule has 1 saturated heterocycles. The van der Waals surface area contributed by atoms with Crippen molar-refractivity contribution in [3.63, 3.8) is 0 Å². The number of furan rings is 2. The van der Waals surface area contributed by atoms with Gasteiger partial charge in [0, 0.05) is 38.2 Å². The van der Waals surface area contributed by atoms with E-state index in [0.29, 0.717) is 61.1 Å². The smallest absolute Gasteiger partial charge is 0.257 e. The van der Waals surface area contributed by atoms with Crippen LogP contribution in [0.1, 0.15) is 41.3 Å². The summed E-state index contributed by atoms with van der Waals surface area (Å²) < 4.78 is 25.6. The van der Waals surface area contributed by atoms with Crippen LogP contribution in [0.15, 0.2) is 68.9 Å². The van der Waals surface area contributed by atoms with Gasteiger partial charge in [-0.15, -0.1) is 0 Å². The van der Waals surface area contributed by atoms with Crippen LogP contribution in [0.4, 0.5) is 10.1 Å². The van der Waals surface area contributed by atoms with Gasteiger partial charge in [0.05, 0.1) is 24.8 Å². The summed E-state index contributed by atoms with van der Waals surface area (Å²) in [7, 11) is 0. The second-order valence-corrected chi connectivity index (χ2v) is 8.48. The summed E-state index contributed by atoms with van der Waals surface area (Å²) in [5.41, 5.74) is 1.53. The third-order valence-electron chi connectivity index (χ3n) is 6.27. The molecule has 0 radical (unpaired) electrons. The predicted molar refractivity (Wildman–Crippen MR) is 123 cm³/mol. The van der Waals surface area contributed by atoms with E-state index in [4.69, 9.17) is 8.83 Å². The van der Waals surface area contributed by atoms with Gasteiger partial charge in [0.15, 0.2) is 5.78 Å². The average molecular weight is 464 g/mol. The van der Waals surface area contributed by atoms with E-state index in [0.717, 1.165) is 0 Å². The molecule has 5 rings (SSSR count). The number of Topliss-reactive ketones (excluding diaryl/α,β-unsaturated/α-hetero) is 1. The Morgan fingerprint density at radius 3 is 2.47 bits per heavy atom. The number of halogens is 1. The third kappa shape index (κ3) is 4.38. The molecule has 2 aliphatic rings. The van der Waals surface area contributed by atoms with Gasteiger partial charge in [-0.2, -0.15) is 5.10 Å². The number of nitrogens with zero attached hydrogens (tertiary/aromatic N) is 4. The Hall–Kier alpha value is -3.72. The molecular formula is C25H25FN4O4. The molecule has 34 heavy (non-hydrogen) atoms. The number of hydrogen-bond donors (Lipinski definition) is 0. The summed E-state index contributed by atoms with van der Waals surface area (Å²) in [6, 6.07) is 11.5. The maximum absolute atomic E-state index is 14.5. The minimum absolute atomic E-state index is 0.131. The Balaban J connectivity index is 1.24. The summed E-state index contributed by atoms with van der Waals surface area (Å²) >= 11 is 0. The first-order valence-corrected chi connectivity index (χ1v) is 11.2. The summed E-state index contributed by atoms with van der Waals surface area (Å²) in [4.78, 5) is 28.7. The molecule has 0 bridgehead atoms. The lowest BCUT2D eigenvalue weighted by Gasteiger charge is -2.36. The number of carbonyl (C=O) groups excluding carboxylic acids is 2. The molecule has 0 N–H and O–H groups in total. The number of hydrazone groups is 1. The van der Waals surface area contributed by atoms with Crippen molar-refractivity contribution in [3.05, 3.63) is 77.9 Å². The Morgan fingerprint density at radius 1 is 1.06 bits per heavy atom. The SMILES string of the molecule is CC(=O)c1ccc(N2CCN(CC(=O)N3N=C(c4ccco4)CC3c3ccco3)CC2)c(F)c1. The Kier molecular flexibility index (Phi) is 6.02. The lowest BCUT2D eigenvalue weighted by molar-refractivity contribution is -0.134. The van der Waals surface area contributed by atoms with Crippen molar-refractivity contribution in [1.82, 2.24) is 9.91 Å². The van der Waals surface area contributed by atoms with Crippen molar-refractivity contribution >= 4 is 23.1 Å². The molecule has 2 aliphatic heterocycles. The molecule has 0 spiro atoms. The minimum atomic E-state index is -0.407. The van der Waals surface area contributed by atoms with E-state index in [1.165, 1.54) is 18.0 Å². The van der Waals surface area contributed by atoms with Crippen LogP contribution < -0.4 is 4.90 Å². The molecule has 9 heteroatoms. The van der Waals surface area contributed by atoms with Crippen LogP contribution in [0.25, 0.3) is 0 Å². The maximum Gasteiger partial charge on any atom is 0.257 e. The second-order valence-electron chi connectivity index (χ2n) is 8.48. The molecule has 1 aromatic carbocycles. The summed E-state index contributed by atoms with van der Waals surface area (Å²) in [6.07, 6.45) is 3.68. The minimum Gasteiger partial charge on any atom is -0.467 e. The van der Waals surface area contributed by atoms with Crippen molar-refractivity contribution in [3.8, 4) is 0 Å². The monoisotopic (exact) mass is 464 g/mol. The first-order chi connectivity index (χ1) is 16.5. The standard InChI is InChI=1S/C25H25FN4O4/c1-17(31)18-6-7-21(19(26)14-18)29-10-8-28(9-11-29)16-25(32)30-22(24-5-3-13-34-24)15-20(27-30)23-4-2-12-33-23/h2-7,12-14,22H,8-11,15-16H2,1H3. The third-order valence-corrected chi connectivity index (χ3v) is 6.27. The topological polar surface area (TPSA) is 82.5 Å². The van der Waals surface area contributed by atoms with Crippen molar-refractivity contribution < 1.29 is 22.8 Å². The van der Waals surface area contributed by atoms with E-state index in [9.17, 15) is 14.0 Å². The van der Waals surface area contributed by atoms with Crippen LogP contribution in [0.2, 0.25) is 0 Å². The number of piperazine rings is 1. The first kappa shape index (κ1) is 22.1. The highest BCUT2D eigenvalue weighted by atomic mass is 19.1. The predicted octanol–water partition coefficient (Wildman–Crippen LogP) is 3.71. The Bertz CT molecular complexity index is 1200. The Morgan fingerprint density at radius 2 is 1.82 bits per heavy atom. The highest BCUT2D eigenvalue weighted by Crippen LogP contribution is 2.33. The van der Waals surface area contributed by atoms with Crippen LogP contribution in [0, 0.1) is 5.82 Å². The van der Waals surface area contributed by atoms with Gasteiger partial charge in [-0.05, 0) is 49.4 Å². The molecule has 8 nitrogen and oxygen atoms in total. The molecule has 1 fully saturated rings. The van der Waals surface area contributed by atoms with Crippen LogP contribution in [0.3, 0.4) is 0 Å². The number of benzene rings is 1. The fraction of sp³-hybridized carbons (Fsp3) is 0.320. The molecule has 0 aliphatic carbocycles. The van der Waals surface area contributed by atoms with E-state index in [1.54, 1.807) is 36.8 Å². The number of hydrogen-bond acceptors (Lipinski definition) is 7. The van der Waals surface area contributed by atoms with Gasteiger partial charge in [0.1, 0.15) is 29.1 Å². The first-order valence-electron chi connectivity index (χ1n) is 11.2. The zero-order chi connectivity index (χ0) is 23.7. The van der Waals surface area contributed by atoms with Crippen LogP contribution in [0.5, 0.6) is 0 Å². The number of rotatable bonds is 6. The van der Waals surface area contributed by atoms with Gasteiger partial charge >= 0.3 is 0 Å². The van der Waals surface area contributed by atoms with Gasteiger partial charge in [-0.3, -0.25) is 14.5 Å². The molecule has 1 atom stereocenters. The normalized spacial score (nSPS) is 18.9. The summed E-state index contributed by atoms with van der Waals surface area (Å²) in [5, 5.41) is 6.05. The van der Waals surface area contributed by atoms with E-state index in [1.807, 2.05) is 21.9 Å². The van der Waals surface area contributed by atoms with Crippen LogP contribution in [-0.4, -0.2) is 60.0 Å². The molecule has 1 unspecified atom stereocenters. The fourth-order valence-corrected chi connectivity index (χ4v) is 4.43. The number of ketones is 1. The Labute approximate surface area is 196 Å². The molecule has 176 valence electrons. The highest BCUT2D eigenvalue weighted by molar-refractivity contribution is 6.01. The second kappa shape index (κ2) is 9.26. The number of carbonyl (C=O) groups is 2. The van der Waals surface area contributed by atoms with Crippen molar-refractivity contribution in [2.24, 2.45) is 5.10 Å². The van der Waals surface area contributed by atoms with Crippen molar-refractivity contribution in [2.45, 2.75) is 19.4 Å². The lowest BCUT2D eigenvalue weighted by Crippen LogP contribution is -2.49. The molecule has 0 saturated carbocycles. The maximum atomic E-state index is 14.5. The van der Waals surface area contributed by atoms with Gasteiger partial charge in [-0.1, -0.05) is 0 Å². The van der Waals surface area contributed by atoms with Gasteiger partial charge in [-0.25, -0.2) is 9.40 Å². The quantitative estimate of drug-likeness (QED) is 0.517. The molecule has 3 aromatic rings. The molecule has 2 aromatic heterocycles. The van der Waals surface area contributed by atoms with Crippen LogP contribution in [-0.2, 0) is 4.79 Å². The number of amides is 1. The molecule has 1 amide bonds. The van der Waals surface area contributed by atoms with Gasteiger partial charge in [0.25, 0.3) is 5.91 Å². The van der Waals surface area contributed by atoms with E-state index in [-0.39, 0.29) is 24.3 Å². The number of anilines is 1. The van der Waals surface area contributed by atoms with E-state index >= 15 is 0 Å². The van der Waals surface area contributed by atoms with E-state index in [2.05, 4.69) is 5.10 Å². The summed E-state index contributed by atoms with van der Waals surface area (Å²) in [6.45, 7) is 3.98. The average Bonchev–Trinajstić information content (AvgIpc) is 3.60. The summed E-state index contributed by atoms with van der Waals surface area (Å²) in [5.74, 6) is 0.608. The van der Waals surface area contributed by atoms with Gasteiger partial charge < -0.3 is 13.7 Å². The zero-order valence-corrected chi connectivity index (χ0v) is 18.8. The lowest BCUT2D eigenvalue weighted by atomic mass is 10.1. The van der Waals surface area contributed by atoms with Gasteiger partial charge in [0.2, 0.25) is 0 Å². The zero-order valence-electron chi connectivity index (χ0n) is 18.8. The molecule has 4 heterocycles. The molecular weight excluding hydrogens is 439 g/mol. The highest BCUT2D eigenvalue weighted by Gasteiger charge is 2.36. The van der Waals surface area contributed by atoms with Crippen molar-refractivity contribution in [2.75, 3.05) is 37.6 Å².